The molecule has 0 aliphatic carbocycles. The molecule has 0 atom stereocenters. The van der Waals surface area contributed by atoms with Crippen LogP contribution in [-0.4, -0.2) is 21.9 Å². The lowest BCUT2D eigenvalue weighted by Crippen LogP contribution is -2.13. The van der Waals surface area contributed by atoms with Crippen molar-refractivity contribution in [1.29, 1.82) is 0 Å². The predicted octanol–water partition coefficient (Wildman–Crippen LogP) is 4.97. The monoisotopic (exact) mass is 378 g/mol. The van der Waals surface area contributed by atoms with Crippen molar-refractivity contribution in [3.8, 4) is 5.75 Å². The predicted molar refractivity (Wildman–Crippen MR) is 101 cm³/mol. The zero-order valence-electron chi connectivity index (χ0n) is 15.4. The molecule has 1 heterocycles. The van der Waals surface area contributed by atoms with Crippen molar-refractivity contribution in [2.75, 3.05) is 6.61 Å². The third-order valence-corrected chi connectivity index (χ3v) is 4.58. The summed E-state index contributed by atoms with van der Waals surface area (Å²) in [5.74, 6) is 0.686. The van der Waals surface area contributed by atoms with Crippen molar-refractivity contribution >= 4 is 23.1 Å². The van der Waals surface area contributed by atoms with E-state index in [-0.39, 0.29) is 28.8 Å². The molecule has 2 aromatic rings. The Morgan fingerprint density at radius 1 is 1.31 bits per heavy atom. The quantitative estimate of drug-likeness (QED) is 0.369. The lowest BCUT2D eigenvalue weighted by Gasteiger charge is -2.11. The first-order valence-electron chi connectivity index (χ1n) is 8.47. The molecule has 0 saturated heterocycles. The largest absolute Gasteiger partial charge is 0.484 e. The van der Waals surface area contributed by atoms with Crippen molar-refractivity contribution in [1.82, 2.24) is 4.57 Å². The Morgan fingerprint density at radius 3 is 2.58 bits per heavy atom. The van der Waals surface area contributed by atoms with Crippen LogP contribution in [0.1, 0.15) is 42.0 Å². The molecule has 0 aliphatic rings. The Morgan fingerprint density at radius 2 is 2.00 bits per heavy atom. The standard InChI is InChI=1S/C19H23ClN2O4/c1-12(2)7-8-21-13(3)9-16(14(21)4)18(23)11-26-19-6-5-15(22(24)25)10-17(19)20/h5-6,9-10,12H,7-8,11H2,1-4H3. The van der Waals surface area contributed by atoms with E-state index in [0.717, 1.165) is 24.4 Å². The van der Waals surface area contributed by atoms with Crippen molar-refractivity contribution in [2.45, 2.75) is 40.7 Å². The fraction of sp³-hybridized carbons (Fsp3) is 0.421. The molecule has 0 aliphatic heterocycles. The van der Waals surface area contributed by atoms with Gasteiger partial charge in [0.25, 0.3) is 5.69 Å². The molecule has 0 saturated carbocycles. The lowest BCUT2D eigenvalue weighted by atomic mass is 10.1. The third-order valence-electron chi connectivity index (χ3n) is 4.29. The van der Waals surface area contributed by atoms with E-state index in [1.54, 1.807) is 0 Å². The number of nitro benzene ring substituents is 1. The summed E-state index contributed by atoms with van der Waals surface area (Å²) in [6.45, 7) is 8.95. The van der Waals surface area contributed by atoms with Crippen LogP contribution in [0.15, 0.2) is 24.3 Å². The fourth-order valence-electron chi connectivity index (χ4n) is 2.76. The van der Waals surface area contributed by atoms with E-state index in [1.165, 1.54) is 18.2 Å². The molecule has 2 rings (SSSR count). The van der Waals surface area contributed by atoms with Crippen molar-refractivity contribution < 1.29 is 14.5 Å². The van der Waals surface area contributed by atoms with Crippen molar-refractivity contribution in [3.05, 3.63) is 56.4 Å². The first-order chi connectivity index (χ1) is 12.2. The molecule has 0 unspecified atom stereocenters. The number of halogens is 1. The number of nitrogens with zero attached hydrogens (tertiary/aromatic N) is 2. The zero-order chi connectivity index (χ0) is 19.4. The Hall–Kier alpha value is -2.34. The minimum atomic E-state index is -0.535. The number of aryl methyl sites for hydroxylation is 1. The van der Waals surface area contributed by atoms with Crippen LogP contribution in [0.25, 0.3) is 0 Å². The number of hydrogen-bond donors (Lipinski definition) is 0. The third kappa shape index (κ3) is 4.64. The van der Waals surface area contributed by atoms with Gasteiger partial charge in [-0.1, -0.05) is 25.4 Å². The Balaban J connectivity index is 2.09. The number of hydrogen-bond acceptors (Lipinski definition) is 4. The van der Waals surface area contributed by atoms with E-state index in [9.17, 15) is 14.9 Å². The van der Waals surface area contributed by atoms with E-state index in [4.69, 9.17) is 16.3 Å². The number of aromatic nitrogens is 1. The van der Waals surface area contributed by atoms with E-state index >= 15 is 0 Å². The average Bonchev–Trinajstić information content (AvgIpc) is 2.85. The Bertz CT molecular complexity index is 827. The molecule has 1 aromatic carbocycles. The zero-order valence-corrected chi connectivity index (χ0v) is 16.2. The molecule has 26 heavy (non-hydrogen) atoms. The van der Waals surface area contributed by atoms with E-state index in [2.05, 4.69) is 18.4 Å². The fourth-order valence-corrected chi connectivity index (χ4v) is 2.99. The summed E-state index contributed by atoms with van der Waals surface area (Å²) < 4.78 is 7.62. The summed E-state index contributed by atoms with van der Waals surface area (Å²) >= 11 is 5.99. The highest BCUT2D eigenvalue weighted by molar-refractivity contribution is 6.32. The van der Waals surface area contributed by atoms with Gasteiger partial charge >= 0.3 is 0 Å². The highest BCUT2D eigenvalue weighted by atomic mass is 35.5. The van der Waals surface area contributed by atoms with Gasteiger partial charge in [-0.2, -0.15) is 0 Å². The summed E-state index contributed by atoms with van der Waals surface area (Å²) in [4.78, 5) is 22.7. The van der Waals surface area contributed by atoms with Gasteiger partial charge < -0.3 is 9.30 Å². The summed E-state index contributed by atoms with van der Waals surface area (Å²) in [5, 5.41) is 10.8. The summed E-state index contributed by atoms with van der Waals surface area (Å²) in [5.41, 5.74) is 2.47. The molecule has 0 N–H and O–H groups in total. The topological polar surface area (TPSA) is 74.4 Å². The van der Waals surface area contributed by atoms with E-state index < -0.39 is 4.92 Å². The highest BCUT2D eigenvalue weighted by Gasteiger charge is 2.17. The second kappa shape index (κ2) is 8.36. The Kier molecular flexibility index (Phi) is 6.42. The van der Waals surface area contributed by atoms with Crippen LogP contribution in [0, 0.1) is 29.9 Å². The molecular weight excluding hydrogens is 356 g/mol. The molecule has 1 aromatic heterocycles. The molecule has 0 fully saturated rings. The number of ether oxygens (including phenoxy) is 1. The number of Topliss-reactive ketones (excluding diaryl/α,β-unsaturated/α-hetero) is 1. The molecule has 6 nitrogen and oxygen atoms in total. The number of carbonyl (C=O) groups is 1. The molecule has 7 heteroatoms. The summed E-state index contributed by atoms with van der Waals surface area (Å²) in [6.07, 6.45) is 1.04. The number of non-ortho nitro benzene ring substituents is 1. The van der Waals surface area contributed by atoms with Gasteiger partial charge in [-0.05, 0) is 38.3 Å². The van der Waals surface area contributed by atoms with Gasteiger partial charge in [-0.25, -0.2) is 0 Å². The molecular formula is C19H23ClN2O4. The maximum atomic E-state index is 12.5. The van der Waals surface area contributed by atoms with Gasteiger partial charge in [-0.3, -0.25) is 14.9 Å². The van der Waals surface area contributed by atoms with Crippen LogP contribution in [0.3, 0.4) is 0 Å². The molecule has 0 spiro atoms. The average molecular weight is 379 g/mol. The second-order valence-corrected chi connectivity index (χ2v) is 7.11. The first-order valence-corrected chi connectivity index (χ1v) is 8.85. The summed E-state index contributed by atoms with van der Waals surface area (Å²) in [6, 6.07) is 5.78. The minimum absolute atomic E-state index is 0.106. The number of benzene rings is 1. The van der Waals surface area contributed by atoms with Gasteiger partial charge in [0, 0.05) is 35.6 Å². The number of nitro groups is 1. The van der Waals surface area contributed by atoms with Crippen LogP contribution in [0.2, 0.25) is 5.02 Å². The van der Waals surface area contributed by atoms with Crippen LogP contribution in [0.5, 0.6) is 5.75 Å². The summed E-state index contributed by atoms with van der Waals surface area (Å²) in [7, 11) is 0. The molecule has 140 valence electrons. The van der Waals surface area contributed by atoms with Gasteiger partial charge in [-0.15, -0.1) is 0 Å². The lowest BCUT2D eigenvalue weighted by molar-refractivity contribution is -0.384. The van der Waals surface area contributed by atoms with E-state index in [1.807, 2.05) is 19.9 Å². The van der Waals surface area contributed by atoms with Crippen LogP contribution >= 0.6 is 11.6 Å². The van der Waals surface area contributed by atoms with Gasteiger partial charge in [0.15, 0.2) is 6.61 Å². The van der Waals surface area contributed by atoms with Gasteiger partial charge in [0.05, 0.1) is 9.95 Å². The van der Waals surface area contributed by atoms with E-state index in [0.29, 0.717) is 11.5 Å². The normalized spacial score (nSPS) is 11.0. The smallest absolute Gasteiger partial charge is 0.271 e. The molecule has 0 bridgehead atoms. The second-order valence-electron chi connectivity index (χ2n) is 6.70. The molecule has 0 radical (unpaired) electrons. The highest BCUT2D eigenvalue weighted by Crippen LogP contribution is 2.29. The van der Waals surface area contributed by atoms with Gasteiger partial charge in [0.2, 0.25) is 5.78 Å². The van der Waals surface area contributed by atoms with Crippen LogP contribution in [0.4, 0.5) is 5.69 Å². The number of carbonyl (C=O) groups excluding carboxylic acids is 1. The number of rotatable bonds is 8. The van der Waals surface area contributed by atoms with Gasteiger partial charge in [0.1, 0.15) is 5.75 Å². The first kappa shape index (κ1) is 20.0. The maximum Gasteiger partial charge on any atom is 0.271 e. The minimum Gasteiger partial charge on any atom is -0.484 e. The number of ketones is 1. The van der Waals surface area contributed by atoms with Crippen molar-refractivity contribution in [2.24, 2.45) is 5.92 Å². The van der Waals surface area contributed by atoms with Crippen LogP contribution in [-0.2, 0) is 6.54 Å². The SMILES string of the molecule is Cc1cc(C(=O)COc2ccc([N+](=O)[O-])cc2Cl)c(C)n1CCC(C)C. The molecule has 0 amide bonds. The maximum absolute atomic E-state index is 12.5. The Labute approximate surface area is 157 Å². The van der Waals surface area contributed by atoms with Crippen LogP contribution < -0.4 is 4.74 Å². The van der Waals surface area contributed by atoms with Crippen molar-refractivity contribution in [3.63, 3.8) is 0 Å².